The Labute approximate surface area is 194 Å². The van der Waals surface area contributed by atoms with E-state index in [9.17, 15) is 4.79 Å². The molecule has 1 aromatic carbocycles. The summed E-state index contributed by atoms with van der Waals surface area (Å²) in [5.74, 6) is 0.907. The number of benzene rings is 1. The predicted octanol–water partition coefficient (Wildman–Crippen LogP) is 1.80. The number of unbranched alkanes of at least 4 members (excludes halogenated alkanes) is 1. The first kappa shape index (κ1) is 21.4. The Kier molecular flexibility index (Phi) is 5.77. The van der Waals surface area contributed by atoms with Gasteiger partial charge in [0.2, 0.25) is 5.82 Å². The quantitative estimate of drug-likeness (QED) is 0.372. The third-order valence-electron chi connectivity index (χ3n) is 5.60. The fourth-order valence-electron chi connectivity index (χ4n) is 3.85. The first-order valence-corrected chi connectivity index (χ1v) is 11.0. The number of aromatic nitrogens is 11. The Morgan fingerprint density at radius 1 is 1.06 bits per heavy atom. The predicted molar refractivity (Wildman–Crippen MR) is 123 cm³/mol. The summed E-state index contributed by atoms with van der Waals surface area (Å²) in [4.78, 5) is 17.8. The van der Waals surface area contributed by atoms with Crippen LogP contribution >= 0.6 is 0 Å². The van der Waals surface area contributed by atoms with Crippen LogP contribution in [0.1, 0.15) is 31.2 Å². The molecule has 5 aromatic rings. The Morgan fingerprint density at radius 2 is 1.91 bits per heavy atom. The van der Waals surface area contributed by atoms with E-state index < -0.39 is 0 Å². The highest BCUT2D eigenvalue weighted by molar-refractivity contribution is 5.70. The van der Waals surface area contributed by atoms with Crippen LogP contribution in [0.3, 0.4) is 0 Å². The molecule has 172 valence electrons. The van der Waals surface area contributed by atoms with Gasteiger partial charge in [-0.25, -0.2) is 14.0 Å². The van der Waals surface area contributed by atoms with Gasteiger partial charge in [-0.1, -0.05) is 36.6 Å². The molecule has 4 heterocycles. The summed E-state index contributed by atoms with van der Waals surface area (Å²) in [5, 5.41) is 25.7. The van der Waals surface area contributed by atoms with Gasteiger partial charge < -0.3 is 0 Å². The number of nitrogens with zero attached hydrogens (tertiary/aromatic N) is 10. The summed E-state index contributed by atoms with van der Waals surface area (Å²) < 4.78 is 4.71. The highest BCUT2D eigenvalue weighted by Gasteiger charge is 2.17. The molecule has 0 fully saturated rings. The van der Waals surface area contributed by atoms with Crippen molar-refractivity contribution in [1.29, 1.82) is 0 Å². The van der Waals surface area contributed by atoms with E-state index in [1.165, 1.54) is 9.25 Å². The highest BCUT2D eigenvalue weighted by Crippen LogP contribution is 2.24. The summed E-state index contributed by atoms with van der Waals surface area (Å²) in [6.07, 6.45) is 6.34. The van der Waals surface area contributed by atoms with Crippen LogP contribution < -0.4 is 5.69 Å². The Bertz CT molecular complexity index is 1460. The molecule has 0 bridgehead atoms. The number of H-pyrrole nitrogens is 1. The largest absolute Gasteiger partial charge is 0.335 e. The first-order valence-electron chi connectivity index (χ1n) is 11.0. The van der Waals surface area contributed by atoms with Crippen molar-refractivity contribution >= 4 is 0 Å². The molecular formula is C22H23N11O. The van der Waals surface area contributed by atoms with E-state index in [4.69, 9.17) is 0 Å². The number of aromatic amines is 1. The fourth-order valence-corrected chi connectivity index (χ4v) is 3.85. The second-order valence-corrected chi connectivity index (χ2v) is 7.92. The number of tetrazole rings is 2. The molecule has 0 aliphatic rings. The summed E-state index contributed by atoms with van der Waals surface area (Å²) >= 11 is 0. The molecule has 0 radical (unpaired) electrons. The number of aryl methyl sites for hydroxylation is 2. The summed E-state index contributed by atoms with van der Waals surface area (Å²) in [5.41, 5.74) is 4.33. The van der Waals surface area contributed by atoms with E-state index in [2.05, 4.69) is 48.1 Å². The number of rotatable bonds is 8. The fraction of sp³-hybridized carbons (Fsp3) is 0.273. The lowest BCUT2D eigenvalue weighted by Crippen LogP contribution is -2.26. The van der Waals surface area contributed by atoms with E-state index in [1.807, 2.05) is 42.6 Å². The van der Waals surface area contributed by atoms with Crippen LogP contribution in [0.25, 0.3) is 28.5 Å². The van der Waals surface area contributed by atoms with E-state index in [1.54, 1.807) is 17.8 Å². The van der Waals surface area contributed by atoms with Crippen molar-refractivity contribution in [2.45, 2.75) is 32.7 Å². The summed E-state index contributed by atoms with van der Waals surface area (Å²) in [6.45, 7) is 2.47. The standard InChI is InChI=1S/C22H23N11O/c1-3-4-8-19-14-33(21-26-29-30-31(21)2)22(34)32(19)13-18-12-16(9-10-23-18)15-6-5-7-17(11-15)20-24-27-28-25-20/h5-7,9-12,14H,3-4,8,13H2,1-2H3,(H,24,25,27,28). The number of nitrogens with one attached hydrogen (secondary N) is 1. The van der Waals surface area contributed by atoms with Crippen molar-refractivity contribution in [3.05, 3.63) is 70.7 Å². The molecule has 0 saturated heterocycles. The van der Waals surface area contributed by atoms with Gasteiger partial charge in [-0.2, -0.15) is 5.21 Å². The van der Waals surface area contributed by atoms with Gasteiger partial charge >= 0.3 is 5.69 Å². The van der Waals surface area contributed by atoms with Crippen LogP contribution in [0.4, 0.5) is 0 Å². The summed E-state index contributed by atoms with van der Waals surface area (Å²) in [6, 6.07) is 11.8. The average molecular weight is 458 g/mol. The maximum atomic E-state index is 13.3. The third-order valence-corrected chi connectivity index (χ3v) is 5.60. The zero-order chi connectivity index (χ0) is 23.5. The Morgan fingerprint density at radius 3 is 2.68 bits per heavy atom. The van der Waals surface area contributed by atoms with Gasteiger partial charge in [0, 0.05) is 30.7 Å². The van der Waals surface area contributed by atoms with Crippen LogP contribution in [0, 0.1) is 0 Å². The van der Waals surface area contributed by atoms with Crippen LogP contribution in [0.15, 0.2) is 53.6 Å². The van der Waals surface area contributed by atoms with E-state index >= 15 is 0 Å². The number of imidazole rings is 1. The molecule has 0 amide bonds. The van der Waals surface area contributed by atoms with Crippen LogP contribution in [-0.2, 0) is 20.0 Å². The number of hydrogen-bond donors (Lipinski definition) is 1. The lowest BCUT2D eigenvalue weighted by Gasteiger charge is -2.09. The number of pyridine rings is 1. The van der Waals surface area contributed by atoms with Crippen molar-refractivity contribution < 1.29 is 0 Å². The maximum absolute atomic E-state index is 13.3. The van der Waals surface area contributed by atoms with Crippen molar-refractivity contribution in [1.82, 2.24) is 54.9 Å². The van der Waals surface area contributed by atoms with Gasteiger partial charge in [-0.15, -0.1) is 10.2 Å². The van der Waals surface area contributed by atoms with Crippen LogP contribution in [0.2, 0.25) is 0 Å². The Balaban J connectivity index is 1.49. The van der Waals surface area contributed by atoms with Crippen molar-refractivity contribution in [2.75, 3.05) is 0 Å². The molecular weight excluding hydrogens is 434 g/mol. The van der Waals surface area contributed by atoms with Gasteiger partial charge in [0.25, 0.3) is 5.95 Å². The summed E-state index contributed by atoms with van der Waals surface area (Å²) in [7, 11) is 1.71. The number of hydrogen-bond acceptors (Lipinski definition) is 8. The van der Waals surface area contributed by atoms with Gasteiger partial charge in [0.1, 0.15) is 0 Å². The molecule has 1 N–H and O–H groups in total. The molecule has 34 heavy (non-hydrogen) atoms. The van der Waals surface area contributed by atoms with Crippen molar-refractivity contribution in [3.8, 4) is 28.5 Å². The van der Waals surface area contributed by atoms with E-state index in [0.29, 0.717) is 18.3 Å². The molecule has 5 rings (SSSR count). The molecule has 0 saturated carbocycles. The maximum Gasteiger partial charge on any atom is 0.335 e. The molecule has 0 aliphatic heterocycles. The molecule has 4 aromatic heterocycles. The van der Waals surface area contributed by atoms with Gasteiger partial charge in [-0.05, 0) is 57.8 Å². The lowest BCUT2D eigenvalue weighted by atomic mass is 10.0. The molecule has 0 spiro atoms. The average Bonchev–Trinajstić information content (AvgIpc) is 3.60. The molecule has 0 aliphatic carbocycles. The SMILES string of the molecule is CCCCc1cn(-c2nnnn2C)c(=O)n1Cc1cc(-c2cccc(-c3nn[nH]n3)c2)ccn1. The van der Waals surface area contributed by atoms with Crippen molar-refractivity contribution in [2.24, 2.45) is 7.05 Å². The zero-order valence-corrected chi connectivity index (χ0v) is 18.8. The van der Waals surface area contributed by atoms with Crippen LogP contribution in [-0.4, -0.2) is 54.9 Å². The first-order chi connectivity index (χ1) is 16.6. The molecule has 0 unspecified atom stereocenters. The second kappa shape index (κ2) is 9.17. The van der Waals surface area contributed by atoms with Crippen LogP contribution in [0.5, 0.6) is 0 Å². The van der Waals surface area contributed by atoms with Gasteiger partial charge in [-0.3, -0.25) is 9.55 Å². The zero-order valence-electron chi connectivity index (χ0n) is 18.8. The highest BCUT2D eigenvalue weighted by atomic mass is 16.2. The molecule has 12 nitrogen and oxygen atoms in total. The van der Waals surface area contributed by atoms with Gasteiger partial charge in [0.05, 0.1) is 12.2 Å². The lowest BCUT2D eigenvalue weighted by molar-refractivity contribution is 0.651. The Hall–Kier alpha value is -4.48. The minimum Gasteiger partial charge on any atom is -0.290 e. The monoisotopic (exact) mass is 457 g/mol. The topological polar surface area (TPSA) is 138 Å². The van der Waals surface area contributed by atoms with E-state index in [-0.39, 0.29) is 5.69 Å². The second-order valence-electron chi connectivity index (χ2n) is 7.92. The normalized spacial score (nSPS) is 11.2. The minimum atomic E-state index is -0.199. The van der Waals surface area contributed by atoms with E-state index in [0.717, 1.165) is 47.3 Å². The van der Waals surface area contributed by atoms with Gasteiger partial charge in [0.15, 0.2) is 0 Å². The smallest absolute Gasteiger partial charge is 0.290 e. The molecule has 0 atom stereocenters. The van der Waals surface area contributed by atoms with Crippen molar-refractivity contribution in [3.63, 3.8) is 0 Å². The molecule has 12 heteroatoms. The third kappa shape index (κ3) is 4.12. The minimum absolute atomic E-state index is 0.199.